The van der Waals surface area contributed by atoms with Crippen molar-refractivity contribution in [3.63, 3.8) is 0 Å². The highest BCUT2D eigenvalue weighted by atomic mass is 16.1. The molecular formula is C10H21NO. The van der Waals surface area contributed by atoms with Crippen molar-refractivity contribution in [3.05, 3.63) is 0 Å². The van der Waals surface area contributed by atoms with Gasteiger partial charge in [0.1, 0.15) is 0 Å². The van der Waals surface area contributed by atoms with Crippen molar-refractivity contribution in [2.75, 3.05) is 7.05 Å². The molecule has 72 valence electrons. The number of rotatable bonds is 4. The first-order chi connectivity index (χ1) is 5.49. The lowest BCUT2D eigenvalue weighted by atomic mass is 9.83. The van der Waals surface area contributed by atoms with E-state index in [9.17, 15) is 4.79 Å². The minimum absolute atomic E-state index is 0.155. The van der Waals surface area contributed by atoms with Gasteiger partial charge in [-0.05, 0) is 17.8 Å². The molecule has 2 nitrogen and oxygen atoms in total. The van der Waals surface area contributed by atoms with Gasteiger partial charge in [0.2, 0.25) is 5.91 Å². The van der Waals surface area contributed by atoms with Crippen molar-refractivity contribution in [2.45, 2.75) is 34.1 Å². The minimum Gasteiger partial charge on any atom is -0.359 e. The molecule has 0 atom stereocenters. The summed E-state index contributed by atoms with van der Waals surface area (Å²) in [7, 11) is 1.69. The smallest absolute Gasteiger partial charge is 0.220 e. The Labute approximate surface area is 75.7 Å². The number of carbonyl (C=O) groups is 1. The Kier molecular flexibility index (Phi) is 4.95. The molecule has 0 bridgehead atoms. The van der Waals surface area contributed by atoms with Gasteiger partial charge in [0.25, 0.3) is 0 Å². The number of nitrogens with one attached hydrogen (secondary N) is 1. The Hall–Kier alpha value is -0.530. The van der Waals surface area contributed by atoms with Gasteiger partial charge < -0.3 is 5.32 Å². The Morgan fingerprint density at radius 1 is 1.17 bits per heavy atom. The average molecular weight is 171 g/mol. The summed E-state index contributed by atoms with van der Waals surface area (Å²) in [5.41, 5.74) is 0. The zero-order valence-corrected chi connectivity index (χ0v) is 8.85. The van der Waals surface area contributed by atoms with Crippen LogP contribution in [0.25, 0.3) is 0 Å². The molecule has 0 unspecified atom stereocenters. The quantitative estimate of drug-likeness (QED) is 0.689. The van der Waals surface area contributed by atoms with E-state index in [0.717, 1.165) is 0 Å². The summed E-state index contributed by atoms with van der Waals surface area (Å²) in [5.74, 6) is 1.83. The van der Waals surface area contributed by atoms with Gasteiger partial charge in [-0.25, -0.2) is 0 Å². The first-order valence-electron chi connectivity index (χ1n) is 4.69. The normalized spacial score (nSPS) is 11.3. The fourth-order valence-corrected chi connectivity index (χ4v) is 1.56. The van der Waals surface area contributed by atoms with Gasteiger partial charge in [0.05, 0.1) is 0 Å². The molecule has 0 saturated carbocycles. The van der Waals surface area contributed by atoms with Crippen molar-refractivity contribution >= 4 is 5.91 Å². The van der Waals surface area contributed by atoms with Crippen LogP contribution in [-0.4, -0.2) is 13.0 Å². The Morgan fingerprint density at radius 2 is 1.58 bits per heavy atom. The predicted octanol–water partition coefficient (Wildman–Crippen LogP) is 2.05. The lowest BCUT2D eigenvalue weighted by Crippen LogP contribution is -2.26. The van der Waals surface area contributed by atoms with Gasteiger partial charge >= 0.3 is 0 Å². The molecular weight excluding hydrogens is 150 g/mol. The van der Waals surface area contributed by atoms with Gasteiger partial charge in [-0.2, -0.15) is 0 Å². The Balaban J connectivity index is 4.05. The fraction of sp³-hybridized carbons (Fsp3) is 0.900. The van der Waals surface area contributed by atoms with Gasteiger partial charge in [-0.1, -0.05) is 27.7 Å². The van der Waals surface area contributed by atoms with Crippen LogP contribution < -0.4 is 5.32 Å². The lowest BCUT2D eigenvalue weighted by Gasteiger charge is -2.23. The first-order valence-corrected chi connectivity index (χ1v) is 4.69. The third-order valence-electron chi connectivity index (χ3n) is 2.41. The van der Waals surface area contributed by atoms with E-state index in [2.05, 4.69) is 33.0 Å². The molecule has 0 aromatic carbocycles. The van der Waals surface area contributed by atoms with Crippen LogP contribution in [0.1, 0.15) is 34.1 Å². The topological polar surface area (TPSA) is 29.1 Å². The molecule has 0 spiro atoms. The largest absolute Gasteiger partial charge is 0.359 e. The summed E-state index contributed by atoms with van der Waals surface area (Å²) < 4.78 is 0. The van der Waals surface area contributed by atoms with Crippen LogP contribution in [0.3, 0.4) is 0 Å². The summed E-state index contributed by atoms with van der Waals surface area (Å²) in [6, 6.07) is 0. The molecule has 2 heteroatoms. The van der Waals surface area contributed by atoms with E-state index in [1.165, 1.54) is 0 Å². The SMILES string of the molecule is CNC(=O)CC(C(C)C)C(C)C. The van der Waals surface area contributed by atoms with E-state index in [0.29, 0.717) is 24.2 Å². The van der Waals surface area contributed by atoms with Gasteiger partial charge in [0, 0.05) is 13.5 Å². The van der Waals surface area contributed by atoms with E-state index < -0.39 is 0 Å². The number of carbonyl (C=O) groups excluding carboxylic acids is 1. The second-order valence-electron chi connectivity index (χ2n) is 4.03. The number of hydrogen-bond donors (Lipinski definition) is 1. The third kappa shape index (κ3) is 3.74. The maximum absolute atomic E-state index is 11.1. The molecule has 12 heavy (non-hydrogen) atoms. The molecule has 0 aliphatic carbocycles. The van der Waals surface area contributed by atoms with Gasteiger partial charge in [-0.3, -0.25) is 4.79 Å². The van der Waals surface area contributed by atoms with Crippen molar-refractivity contribution in [3.8, 4) is 0 Å². The molecule has 0 fully saturated rings. The summed E-state index contributed by atoms with van der Waals surface area (Å²) in [6.07, 6.45) is 0.659. The molecule has 0 aromatic rings. The molecule has 0 heterocycles. The molecule has 0 aromatic heterocycles. The maximum atomic E-state index is 11.1. The summed E-state index contributed by atoms with van der Waals surface area (Å²) in [4.78, 5) is 11.1. The minimum atomic E-state index is 0.155. The molecule has 1 amide bonds. The van der Waals surface area contributed by atoms with Gasteiger partial charge in [0.15, 0.2) is 0 Å². The fourth-order valence-electron chi connectivity index (χ4n) is 1.56. The second kappa shape index (κ2) is 5.18. The van der Waals surface area contributed by atoms with Crippen LogP contribution in [-0.2, 0) is 4.79 Å². The van der Waals surface area contributed by atoms with Crippen molar-refractivity contribution < 1.29 is 4.79 Å². The van der Waals surface area contributed by atoms with Crippen molar-refractivity contribution in [2.24, 2.45) is 17.8 Å². The van der Waals surface area contributed by atoms with E-state index >= 15 is 0 Å². The monoisotopic (exact) mass is 171 g/mol. The highest BCUT2D eigenvalue weighted by Gasteiger charge is 2.19. The summed E-state index contributed by atoms with van der Waals surface area (Å²) in [5, 5.41) is 2.67. The predicted molar refractivity (Wildman–Crippen MR) is 51.8 cm³/mol. The zero-order chi connectivity index (χ0) is 9.72. The standard InChI is InChI=1S/C10H21NO/c1-7(2)9(8(3)4)6-10(12)11-5/h7-9H,6H2,1-5H3,(H,11,12). The molecule has 0 rings (SSSR count). The highest BCUT2D eigenvalue weighted by molar-refractivity contribution is 5.75. The molecule has 1 N–H and O–H groups in total. The first kappa shape index (κ1) is 11.5. The Bertz CT molecular complexity index is 133. The zero-order valence-electron chi connectivity index (χ0n) is 8.85. The average Bonchev–Trinajstić information content (AvgIpc) is 1.98. The Morgan fingerprint density at radius 3 is 1.83 bits per heavy atom. The number of amides is 1. The second-order valence-corrected chi connectivity index (χ2v) is 4.03. The number of hydrogen-bond acceptors (Lipinski definition) is 1. The van der Waals surface area contributed by atoms with Crippen LogP contribution in [0.4, 0.5) is 0 Å². The molecule has 0 radical (unpaired) electrons. The van der Waals surface area contributed by atoms with E-state index in [1.807, 2.05) is 0 Å². The van der Waals surface area contributed by atoms with Crippen molar-refractivity contribution in [1.29, 1.82) is 0 Å². The van der Waals surface area contributed by atoms with Crippen LogP contribution in [0.2, 0.25) is 0 Å². The molecule has 0 saturated heterocycles. The highest BCUT2D eigenvalue weighted by Crippen LogP contribution is 2.23. The lowest BCUT2D eigenvalue weighted by molar-refractivity contribution is -0.122. The van der Waals surface area contributed by atoms with Gasteiger partial charge in [-0.15, -0.1) is 0 Å². The molecule has 0 aliphatic heterocycles. The third-order valence-corrected chi connectivity index (χ3v) is 2.41. The van der Waals surface area contributed by atoms with Crippen LogP contribution in [0.5, 0.6) is 0 Å². The summed E-state index contributed by atoms with van der Waals surface area (Å²) in [6.45, 7) is 8.70. The van der Waals surface area contributed by atoms with Crippen LogP contribution in [0, 0.1) is 17.8 Å². The van der Waals surface area contributed by atoms with Crippen LogP contribution in [0.15, 0.2) is 0 Å². The van der Waals surface area contributed by atoms with E-state index in [-0.39, 0.29) is 5.91 Å². The maximum Gasteiger partial charge on any atom is 0.220 e. The van der Waals surface area contributed by atoms with Crippen molar-refractivity contribution in [1.82, 2.24) is 5.32 Å². The van der Waals surface area contributed by atoms with E-state index in [1.54, 1.807) is 7.05 Å². The van der Waals surface area contributed by atoms with E-state index in [4.69, 9.17) is 0 Å². The van der Waals surface area contributed by atoms with Crippen LogP contribution >= 0.6 is 0 Å². The summed E-state index contributed by atoms with van der Waals surface area (Å²) >= 11 is 0. The molecule has 0 aliphatic rings.